The van der Waals surface area contributed by atoms with Crippen molar-refractivity contribution in [2.24, 2.45) is 0 Å². The van der Waals surface area contributed by atoms with Crippen LogP contribution in [0.15, 0.2) is 0 Å². The first kappa shape index (κ1) is 16.4. The lowest BCUT2D eigenvalue weighted by Crippen LogP contribution is -2.31. The Bertz CT molecular complexity index is 88.3. The fourth-order valence-corrected chi connectivity index (χ4v) is 1.36. The van der Waals surface area contributed by atoms with Gasteiger partial charge in [-0.1, -0.05) is 34.6 Å². The van der Waals surface area contributed by atoms with E-state index in [4.69, 9.17) is 0 Å². The van der Waals surface area contributed by atoms with E-state index in [1.807, 2.05) is 0 Å². The van der Waals surface area contributed by atoms with E-state index in [1.165, 1.54) is 19.5 Å². The maximum atomic E-state index is 3.11. The van der Waals surface area contributed by atoms with Crippen LogP contribution < -0.4 is 5.32 Å². The first-order valence-corrected chi connectivity index (χ1v) is 6.12. The van der Waals surface area contributed by atoms with Gasteiger partial charge in [-0.3, -0.25) is 0 Å². The number of nitrogens with zero attached hydrogens (tertiary/aromatic N) is 1. The van der Waals surface area contributed by atoms with Crippen LogP contribution in [0.1, 0.15) is 48.0 Å². The van der Waals surface area contributed by atoms with Gasteiger partial charge < -0.3 is 10.2 Å². The molecule has 1 N–H and O–H groups in total. The quantitative estimate of drug-likeness (QED) is 0.712. The highest BCUT2D eigenvalue weighted by Gasteiger charge is 2.05. The van der Waals surface area contributed by atoms with Crippen molar-refractivity contribution in [2.45, 2.75) is 54.0 Å². The van der Waals surface area contributed by atoms with E-state index in [2.05, 4.69) is 51.8 Å². The summed E-state index contributed by atoms with van der Waals surface area (Å²) in [7, 11) is 0. The van der Waals surface area contributed by atoms with Gasteiger partial charge in [0.05, 0.1) is 0 Å². The summed E-state index contributed by atoms with van der Waals surface area (Å²) in [5.74, 6) is 0. The van der Waals surface area contributed by atoms with Crippen LogP contribution in [0.25, 0.3) is 0 Å². The predicted octanol–water partition coefficient (Wildman–Crippen LogP) is 2.74. The van der Waals surface area contributed by atoms with Gasteiger partial charge in [-0.2, -0.15) is 0 Å². The lowest BCUT2D eigenvalue weighted by molar-refractivity contribution is 0.226. The molecule has 0 rings (SSSR count). The van der Waals surface area contributed by atoms with Crippen molar-refractivity contribution in [3.63, 3.8) is 0 Å². The zero-order valence-corrected chi connectivity index (χ0v) is 11.1. The van der Waals surface area contributed by atoms with Crippen molar-refractivity contribution in [1.29, 1.82) is 0 Å². The molecule has 0 bridgehead atoms. The summed E-state index contributed by atoms with van der Waals surface area (Å²) < 4.78 is 0. The Morgan fingerprint density at radius 1 is 0.929 bits per heavy atom. The van der Waals surface area contributed by atoms with Gasteiger partial charge in [0.1, 0.15) is 0 Å². The van der Waals surface area contributed by atoms with E-state index in [-0.39, 0.29) is 0 Å². The SMILES string of the molecule is CCC(C)N(CC)CC.CCNCC. The van der Waals surface area contributed by atoms with Crippen LogP contribution in [-0.4, -0.2) is 37.1 Å². The van der Waals surface area contributed by atoms with E-state index in [0.29, 0.717) is 0 Å². The van der Waals surface area contributed by atoms with Crippen molar-refractivity contribution in [2.75, 3.05) is 26.2 Å². The molecule has 1 atom stereocenters. The summed E-state index contributed by atoms with van der Waals surface area (Å²) in [4.78, 5) is 2.47. The minimum atomic E-state index is 0.764. The number of hydrogen-bond acceptors (Lipinski definition) is 2. The third-order valence-corrected chi connectivity index (χ3v) is 2.53. The molecule has 0 aromatic carbocycles. The lowest BCUT2D eigenvalue weighted by Gasteiger charge is -2.24. The molecule has 0 aliphatic rings. The molecular formula is C12H30N2. The smallest absolute Gasteiger partial charge is 0.00640 e. The molecule has 0 aromatic heterocycles. The summed E-state index contributed by atoms with van der Waals surface area (Å²) in [6.07, 6.45) is 1.27. The molecular weight excluding hydrogens is 172 g/mol. The van der Waals surface area contributed by atoms with Crippen molar-refractivity contribution in [1.82, 2.24) is 10.2 Å². The molecule has 2 heteroatoms. The van der Waals surface area contributed by atoms with E-state index < -0.39 is 0 Å². The third-order valence-electron chi connectivity index (χ3n) is 2.53. The Balaban J connectivity index is 0. The molecule has 0 spiro atoms. The average Bonchev–Trinajstić information content (AvgIpc) is 2.21. The zero-order chi connectivity index (χ0) is 11.4. The van der Waals surface area contributed by atoms with E-state index in [9.17, 15) is 0 Å². The molecule has 0 aromatic rings. The topological polar surface area (TPSA) is 15.3 Å². The standard InChI is InChI=1S/C8H19N.C4H11N/c1-5-8(4)9(6-2)7-3;1-3-5-4-2/h8H,5-7H2,1-4H3;5H,3-4H2,1-2H3. The highest BCUT2D eigenvalue weighted by Crippen LogP contribution is 2.00. The van der Waals surface area contributed by atoms with E-state index >= 15 is 0 Å². The lowest BCUT2D eigenvalue weighted by atomic mass is 10.2. The number of hydrogen-bond donors (Lipinski definition) is 1. The van der Waals surface area contributed by atoms with Crippen molar-refractivity contribution < 1.29 is 0 Å². The van der Waals surface area contributed by atoms with Crippen molar-refractivity contribution in [3.8, 4) is 0 Å². The van der Waals surface area contributed by atoms with Crippen LogP contribution >= 0.6 is 0 Å². The Kier molecular flexibility index (Phi) is 15.1. The fraction of sp³-hybridized carbons (Fsp3) is 1.00. The second-order valence-corrected chi connectivity index (χ2v) is 3.44. The van der Waals surface area contributed by atoms with E-state index in [0.717, 1.165) is 19.1 Å². The Labute approximate surface area is 91.1 Å². The highest BCUT2D eigenvalue weighted by atomic mass is 15.1. The first-order valence-electron chi connectivity index (χ1n) is 6.12. The average molecular weight is 202 g/mol. The monoisotopic (exact) mass is 202 g/mol. The molecule has 14 heavy (non-hydrogen) atoms. The summed E-state index contributed by atoms with van der Waals surface area (Å²) in [5.41, 5.74) is 0. The normalized spacial score (nSPS) is 12.2. The van der Waals surface area contributed by atoms with Gasteiger partial charge in [0, 0.05) is 6.04 Å². The Hall–Kier alpha value is -0.0800. The van der Waals surface area contributed by atoms with Gasteiger partial charge in [-0.15, -0.1) is 0 Å². The van der Waals surface area contributed by atoms with Gasteiger partial charge in [0.25, 0.3) is 0 Å². The van der Waals surface area contributed by atoms with Crippen molar-refractivity contribution in [3.05, 3.63) is 0 Å². The molecule has 0 fully saturated rings. The van der Waals surface area contributed by atoms with Crippen LogP contribution in [0.2, 0.25) is 0 Å². The molecule has 2 nitrogen and oxygen atoms in total. The van der Waals surface area contributed by atoms with Crippen LogP contribution in [0.4, 0.5) is 0 Å². The predicted molar refractivity (Wildman–Crippen MR) is 66.9 cm³/mol. The molecule has 0 aliphatic carbocycles. The van der Waals surface area contributed by atoms with Crippen LogP contribution in [0.5, 0.6) is 0 Å². The summed E-state index contributed by atoms with van der Waals surface area (Å²) in [5, 5.41) is 3.11. The zero-order valence-electron chi connectivity index (χ0n) is 11.1. The van der Waals surface area contributed by atoms with E-state index in [1.54, 1.807) is 0 Å². The number of rotatable bonds is 6. The summed E-state index contributed by atoms with van der Waals surface area (Å²) in [6.45, 7) is 17.7. The van der Waals surface area contributed by atoms with Gasteiger partial charge in [-0.25, -0.2) is 0 Å². The van der Waals surface area contributed by atoms with Gasteiger partial charge >= 0.3 is 0 Å². The summed E-state index contributed by atoms with van der Waals surface area (Å²) >= 11 is 0. The molecule has 1 unspecified atom stereocenters. The molecule has 0 aliphatic heterocycles. The molecule has 88 valence electrons. The van der Waals surface area contributed by atoms with Gasteiger partial charge in [0.15, 0.2) is 0 Å². The fourth-order valence-electron chi connectivity index (χ4n) is 1.36. The molecule has 0 saturated heterocycles. The second kappa shape index (κ2) is 12.9. The molecule has 0 saturated carbocycles. The first-order chi connectivity index (χ1) is 6.67. The maximum Gasteiger partial charge on any atom is 0.00640 e. The highest BCUT2D eigenvalue weighted by molar-refractivity contribution is 4.60. The molecule has 0 heterocycles. The largest absolute Gasteiger partial charge is 0.317 e. The summed E-state index contributed by atoms with van der Waals surface area (Å²) in [6, 6.07) is 0.764. The molecule has 0 amide bonds. The second-order valence-electron chi connectivity index (χ2n) is 3.44. The Morgan fingerprint density at radius 3 is 1.43 bits per heavy atom. The van der Waals surface area contributed by atoms with Crippen LogP contribution in [0, 0.1) is 0 Å². The third kappa shape index (κ3) is 10.0. The maximum absolute atomic E-state index is 3.11. The number of nitrogens with one attached hydrogen (secondary N) is 1. The van der Waals surface area contributed by atoms with Gasteiger partial charge in [0.2, 0.25) is 0 Å². The Morgan fingerprint density at radius 2 is 1.36 bits per heavy atom. The van der Waals surface area contributed by atoms with Crippen molar-refractivity contribution >= 4 is 0 Å². The minimum Gasteiger partial charge on any atom is -0.317 e. The van der Waals surface area contributed by atoms with Crippen LogP contribution in [0.3, 0.4) is 0 Å². The molecule has 0 radical (unpaired) electrons. The minimum absolute atomic E-state index is 0.764. The van der Waals surface area contributed by atoms with Gasteiger partial charge in [-0.05, 0) is 39.5 Å². The van der Waals surface area contributed by atoms with Crippen LogP contribution in [-0.2, 0) is 0 Å².